The molecule has 3 rings (SSSR count). The number of anilines is 1. The van der Waals surface area contributed by atoms with Gasteiger partial charge in [-0.15, -0.1) is 0 Å². The predicted octanol–water partition coefficient (Wildman–Crippen LogP) is 5.45. The van der Waals surface area contributed by atoms with Gasteiger partial charge in [-0.2, -0.15) is 0 Å². The third-order valence-electron chi connectivity index (χ3n) is 7.08. The van der Waals surface area contributed by atoms with Gasteiger partial charge in [0.25, 0.3) is 0 Å². The third-order valence-corrected chi connectivity index (χ3v) is 8.65. The van der Waals surface area contributed by atoms with Gasteiger partial charge in [0.05, 0.1) is 19.1 Å². The van der Waals surface area contributed by atoms with E-state index in [9.17, 15) is 18.0 Å². The fraction of sp³-hybridized carbons (Fsp3) is 0.375. The van der Waals surface area contributed by atoms with Crippen LogP contribution >= 0.6 is 11.6 Å². The molecule has 1 N–H and O–H groups in total. The zero-order valence-corrected chi connectivity index (χ0v) is 26.2. The van der Waals surface area contributed by atoms with Gasteiger partial charge >= 0.3 is 0 Å². The number of nitrogens with one attached hydrogen (secondary N) is 1. The smallest absolute Gasteiger partial charge is 0.243 e. The maximum atomic E-state index is 13.9. The first-order chi connectivity index (χ1) is 20.0. The lowest BCUT2D eigenvalue weighted by molar-refractivity contribution is -0.141. The summed E-state index contributed by atoms with van der Waals surface area (Å²) in [5.41, 5.74) is 2.12. The zero-order valence-electron chi connectivity index (χ0n) is 24.6. The van der Waals surface area contributed by atoms with Crippen molar-refractivity contribution in [3.8, 4) is 5.75 Å². The van der Waals surface area contributed by atoms with Crippen molar-refractivity contribution in [2.75, 3.05) is 24.2 Å². The summed E-state index contributed by atoms with van der Waals surface area (Å²) in [6, 6.07) is 22.7. The lowest BCUT2D eigenvalue weighted by Crippen LogP contribution is -2.52. The highest BCUT2D eigenvalue weighted by atomic mass is 35.5. The molecule has 0 radical (unpaired) electrons. The molecule has 0 aliphatic rings. The summed E-state index contributed by atoms with van der Waals surface area (Å²) in [6.07, 6.45) is 2.49. The number of nitrogens with zero attached hydrogens (tertiary/aromatic N) is 2. The Labute approximate surface area is 254 Å². The largest absolute Gasteiger partial charge is 0.497 e. The van der Waals surface area contributed by atoms with Gasteiger partial charge in [0.1, 0.15) is 11.8 Å². The van der Waals surface area contributed by atoms with E-state index in [1.54, 1.807) is 35.2 Å². The van der Waals surface area contributed by atoms with Gasteiger partial charge < -0.3 is 15.0 Å². The molecule has 10 heteroatoms. The van der Waals surface area contributed by atoms with Gasteiger partial charge in [-0.05, 0) is 61.2 Å². The summed E-state index contributed by atoms with van der Waals surface area (Å²) < 4.78 is 31.7. The van der Waals surface area contributed by atoms with Crippen molar-refractivity contribution in [1.29, 1.82) is 0 Å². The van der Waals surface area contributed by atoms with Crippen LogP contribution in [0.3, 0.4) is 0 Å². The molecule has 0 aromatic heterocycles. The average molecular weight is 614 g/mol. The van der Waals surface area contributed by atoms with Crippen LogP contribution in [0.15, 0.2) is 78.9 Å². The average Bonchev–Trinajstić information content (AvgIpc) is 2.97. The van der Waals surface area contributed by atoms with E-state index >= 15 is 0 Å². The van der Waals surface area contributed by atoms with Crippen LogP contribution in [0.1, 0.15) is 44.2 Å². The molecule has 0 bridgehead atoms. The van der Waals surface area contributed by atoms with Gasteiger partial charge in [0, 0.05) is 37.0 Å². The van der Waals surface area contributed by atoms with Crippen molar-refractivity contribution in [2.45, 2.75) is 58.2 Å². The van der Waals surface area contributed by atoms with Crippen molar-refractivity contribution >= 4 is 39.1 Å². The molecule has 0 saturated heterocycles. The molecule has 0 unspecified atom stereocenters. The SMILES string of the molecule is CC[C@H](C)NC(=O)[C@H](Cc1ccccc1)N(Cc1ccccc1Cl)C(=O)CCCN(c1ccc(OC)cc1)S(C)(=O)=O. The van der Waals surface area contributed by atoms with E-state index in [0.717, 1.165) is 23.8 Å². The number of rotatable bonds is 15. The van der Waals surface area contributed by atoms with Crippen LogP contribution in [0, 0.1) is 0 Å². The topological polar surface area (TPSA) is 96.0 Å². The first-order valence-corrected chi connectivity index (χ1v) is 16.2. The maximum Gasteiger partial charge on any atom is 0.243 e. The molecule has 2 atom stereocenters. The highest BCUT2D eigenvalue weighted by molar-refractivity contribution is 7.92. The van der Waals surface area contributed by atoms with Crippen LogP contribution in [-0.2, 0) is 32.6 Å². The number of halogens is 1. The van der Waals surface area contributed by atoms with Crippen LogP contribution in [0.5, 0.6) is 5.75 Å². The molecule has 2 amide bonds. The number of amides is 2. The molecule has 0 aliphatic heterocycles. The van der Waals surface area contributed by atoms with Crippen LogP contribution in [0.4, 0.5) is 5.69 Å². The van der Waals surface area contributed by atoms with E-state index in [1.165, 1.54) is 11.4 Å². The molecule has 3 aromatic carbocycles. The molecule has 8 nitrogen and oxygen atoms in total. The Bertz CT molecular complexity index is 1420. The molecule has 0 aliphatic carbocycles. The Hall–Kier alpha value is -3.56. The van der Waals surface area contributed by atoms with E-state index in [0.29, 0.717) is 22.9 Å². The fourth-order valence-electron chi connectivity index (χ4n) is 4.56. The number of hydrogen-bond acceptors (Lipinski definition) is 5. The van der Waals surface area contributed by atoms with E-state index < -0.39 is 16.1 Å². The van der Waals surface area contributed by atoms with Crippen molar-refractivity contribution in [3.63, 3.8) is 0 Å². The molecule has 0 spiro atoms. The summed E-state index contributed by atoms with van der Waals surface area (Å²) in [6.45, 7) is 4.15. The fourth-order valence-corrected chi connectivity index (χ4v) is 5.72. The van der Waals surface area contributed by atoms with Gasteiger partial charge in [-0.1, -0.05) is 67.1 Å². The number of carbonyl (C=O) groups excluding carboxylic acids is 2. The molecule has 226 valence electrons. The lowest BCUT2D eigenvalue weighted by Gasteiger charge is -2.33. The highest BCUT2D eigenvalue weighted by Crippen LogP contribution is 2.24. The number of sulfonamides is 1. The Kier molecular flexibility index (Phi) is 12.2. The quantitative estimate of drug-likeness (QED) is 0.246. The molecule has 0 fully saturated rings. The van der Waals surface area contributed by atoms with Crippen molar-refractivity contribution < 1.29 is 22.7 Å². The minimum atomic E-state index is -3.61. The number of carbonyl (C=O) groups is 2. The number of hydrogen-bond donors (Lipinski definition) is 1. The number of benzene rings is 3. The first-order valence-electron chi connectivity index (χ1n) is 14.0. The number of ether oxygens (including phenoxy) is 1. The Balaban J connectivity index is 1.89. The van der Waals surface area contributed by atoms with E-state index in [-0.39, 0.29) is 43.8 Å². The Morgan fingerprint density at radius 1 is 0.976 bits per heavy atom. The summed E-state index contributed by atoms with van der Waals surface area (Å²) in [5, 5.41) is 3.55. The second-order valence-electron chi connectivity index (χ2n) is 10.3. The predicted molar refractivity (Wildman–Crippen MR) is 168 cm³/mol. The second kappa shape index (κ2) is 15.6. The lowest BCUT2D eigenvalue weighted by atomic mass is 10.0. The second-order valence-corrected chi connectivity index (χ2v) is 12.6. The van der Waals surface area contributed by atoms with Gasteiger partial charge in [-0.25, -0.2) is 8.42 Å². The molecule has 42 heavy (non-hydrogen) atoms. The normalized spacial score (nSPS) is 12.7. The summed E-state index contributed by atoms with van der Waals surface area (Å²) in [4.78, 5) is 29.1. The van der Waals surface area contributed by atoms with Crippen molar-refractivity contribution in [3.05, 3.63) is 95.0 Å². The minimum Gasteiger partial charge on any atom is -0.497 e. The molecular weight excluding hydrogens is 574 g/mol. The molecular formula is C32H40ClN3O5S. The van der Waals surface area contributed by atoms with Gasteiger partial charge in [0.2, 0.25) is 21.8 Å². The van der Waals surface area contributed by atoms with Crippen LogP contribution in [0.25, 0.3) is 0 Å². The van der Waals surface area contributed by atoms with Crippen molar-refractivity contribution in [1.82, 2.24) is 10.2 Å². The Morgan fingerprint density at radius 2 is 1.62 bits per heavy atom. The Morgan fingerprint density at radius 3 is 2.21 bits per heavy atom. The minimum absolute atomic E-state index is 0.0362. The van der Waals surface area contributed by atoms with Gasteiger partial charge in [-0.3, -0.25) is 13.9 Å². The highest BCUT2D eigenvalue weighted by Gasteiger charge is 2.31. The third kappa shape index (κ3) is 9.49. The van der Waals surface area contributed by atoms with Gasteiger partial charge in [0.15, 0.2) is 0 Å². The van der Waals surface area contributed by atoms with Crippen LogP contribution < -0.4 is 14.4 Å². The van der Waals surface area contributed by atoms with E-state index in [1.807, 2.05) is 62.4 Å². The first kappa shape index (κ1) is 32.9. The molecule has 0 heterocycles. The summed E-state index contributed by atoms with van der Waals surface area (Å²) in [5.74, 6) is 0.0978. The maximum absolute atomic E-state index is 13.9. The standard InChI is InChI=1S/C32H40ClN3O5S/c1-5-24(2)34-32(38)30(22-25-12-7-6-8-13-25)35(23-26-14-9-10-15-29(26)33)31(37)16-11-21-36(42(4,39)40)27-17-19-28(41-3)20-18-27/h6-10,12-15,17-20,24,30H,5,11,16,21-23H2,1-4H3,(H,34,38)/t24-,30-/m0/s1. The summed E-state index contributed by atoms with van der Waals surface area (Å²) >= 11 is 6.49. The van der Waals surface area contributed by atoms with E-state index in [2.05, 4.69) is 5.32 Å². The summed E-state index contributed by atoms with van der Waals surface area (Å²) in [7, 11) is -2.07. The monoisotopic (exact) mass is 613 g/mol. The van der Waals surface area contributed by atoms with Crippen LogP contribution in [0.2, 0.25) is 5.02 Å². The zero-order chi connectivity index (χ0) is 30.7. The van der Waals surface area contributed by atoms with E-state index in [4.69, 9.17) is 16.3 Å². The number of methoxy groups -OCH3 is 1. The molecule has 0 saturated carbocycles. The van der Waals surface area contributed by atoms with Crippen LogP contribution in [-0.4, -0.2) is 57.1 Å². The molecule has 3 aromatic rings. The van der Waals surface area contributed by atoms with Crippen molar-refractivity contribution in [2.24, 2.45) is 0 Å².